The fourth-order valence-electron chi connectivity index (χ4n) is 3.04. The lowest BCUT2D eigenvalue weighted by Crippen LogP contribution is -2.13. The zero-order chi connectivity index (χ0) is 14.1. The summed E-state index contributed by atoms with van der Waals surface area (Å²) >= 11 is 1.48. The highest BCUT2D eigenvalue weighted by Crippen LogP contribution is 2.36. The molecule has 0 saturated heterocycles. The van der Waals surface area contributed by atoms with Crippen LogP contribution in [-0.2, 0) is 7.05 Å². The molecule has 2 heterocycles. The Morgan fingerprint density at radius 1 is 1.40 bits per heavy atom. The molecule has 1 aliphatic rings. The van der Waals surface area contributed by atoms with E-state index < -0.39 is 5.97 Å². The lowest BCUT2D eigenvalue weighted by atomic mass is 9.86. The van der Waals surface area contributed by atoms with Crippen LogP contribution in [0.1, 0.15) is 54.2 Å². The van der Waals surface area contributed by atoms with Crippen molar-refractivity contribution in [1.82, 2.24) is 14.5 Å². The van der Waals surface area contributed by atoms with Crippen LogP contribution in [0.25, 0.3) is 10.8 Å². The second-order valence-electron chi connectivity index (χ2n) is 5.21. The topological polar surface area (TPSA) is 68.0 Å². The van der Waals surface area contributed by atoms with Crippen molar-refractivity contribution < 1.29 is 9.90 Å². The lowest BCUT2D eigenvalue weighted by molar-refractivity contribution is 0.0688. The van der Waals surface area contributed by atoms with Crippen molar-refractivity contribution in [3.8, 4) is 10.8 Å². The smallest absolute Gasteiger partial charge is 0.356 e. The van der Waals surface area contributed by atoms with Gasteiger partial charge in [0, 0.05) is 24.5 Å². The third-order valence-electron chi connectivity index (χ3n) is 3.96. The maximum Gasteiger partial charge on any atom is 0.356 e. The Hall–Kier alpha value is -1.69. The standard InChI is InChI=1S/C14H17N3O2S/c1-17-11(9-5-3-2-4-6-9)10(14(18)19)16-12(17)13-15-7-8-20-13/h7-9H,2-6H2,1H3,(H,18,19). The second-order valence-corrected chi connectivity index (χ2v) is 6.10. The Bertz CT molecular complexity index is 613. The van der Waals surface area contributed by atoms with Crippen LogP contribution in [0, 0.1) is 0 Å². The van der Waals surface area contributed by atoms with Gasteiger partial charge < -0.3 is 9.67 Å². The van der Waals surface area contributed by atoms with Crippen molar-refractivity contribution in [3.63, 3.8) is 0 Å². The van der Waals surface area contributed by atoms with Gasteiger partial charge >= 0.3 is 5.97 Å². The van der Waals surface area contributed by atoms with Gasteiger partial charge in [0.15, 0.2) is 16.5 Å². The number of aromatic nitrogens is 3. The summed E-state index contributed by atoms with van der Waals surface area (Å²) in [5.74, 6) is 0.0306. The zero-order valence-corrected chi connectivity index (χ0v) is 12.2. The number of aromatic carboxylic acids is 1. The first-order chi connectivity index (χ1) is 9.68. The predicted molar refractivity (Wildman–Crippen MR) is 77.1 cm³/mol. The van der Waals surface area contributed by atoms with Gasteiger partial charge in [0.1, 0.15) is 0 Å². The molecule has 0 aromatic carbocycles. The van der Waals surface area contributed by atoms with Crippen molar-refractivity contribution in [2.24, 2.45) is 7.05 Å². The Morgan fingerprint density at radius 2 is 2.15 bits per heavy atom. The normalized spacial score (nSPS) is 16.4. The number of hydrogen-bond acceptors (Lipinski definition) is 4. The van der Waals surface area contributed by atoms with E-state index >= 15 is 0 Å². The van der Waals surface area contributed by atoms with E-state index in [9.17, 15) is 9.90 Å². The SMILES string of the molecule is Cn1c(-c2nccs2)nc(C(=O)O)c1C1CCCCC1. The van der Waals surface area contributed by atoms with Gasteiger partial charge in [0.2, 0.25) is 0 Å². The number of rotatable bonds is 3. The summed E-state index contributed by atoms with van der Waals surface area (Å²) in [5, 5.41) is 12.1. The van der Waals surface area contributed by atoms with E-state index in [1.165, 1.54) is 30.6 Å². The summed E-state index contributed by atoms with van der Waals surface area (Å²) < 4.78 is 1.93. The molecule has 0 unspecified atom stereocenters. The monoisotopic (exact) mass is 291 g/mol. The van der Waals surface area contributed by atoms with Gasteiger partial charge in [-0.05, 0) is 12.8 Å². The molecule has 6 heteroatoms. The van der Waals surface area contributed by atoms with E-state index in [2.05, 4.69) is 9.97 Å². The molecule has 1 fully saturated rings. The Balaban J connectivity index is 2.09. The van der Waals surface area contributed by atoms with Gasteiger partial charge in [-0.1, -0.05) is 19.3 Å². The fraction of sp³-hybridized carbons (Fsp3) is 0.500. The molecule has 1 N–H and O–H groups in total. The van der Waals surface area contributed by atoms with E-state index in [-0.39, 0.29) is 5.69 Å². The van der Waals surface area contributed by atoms with Crippen LogP contribution >= 0.6 is 11.3 Å². The molecule has 0 radical (unpaired) electrons. The van der Waals surface area contributed by atoms with Crippen LogP contribution in [0.4, 0.5) is 0 Å². The Kier molecular flexibility index (Phi) is 3.56. The Morgan fingerprint density at radius 3 is 2.75 bits per heavy atom. The van der Waals surface area contributed by atoms with E-state index in [1.54, 1.807) is 6.20 Å². The van der Waals surface area contributed by atoms with Crippen molar-refractivity contribution in [1.29, 1.82) is 0 Å². The minimum Gasteiger partial charge on any atom is -0.476 e. The van der Waals surface area contributed by atoms with Gasteiger partial charge in [0.25, 0.3) is 0 Å². The van der Waals surface area contributed by atoms with Crippen molar-refractivity contribution in [2.45, 2.75) is 38.0 Å². The summed E-state index contributed by atoms with van der Waals surface area (Å²) in [7, 11) is 1.90. The third kappa shape index (κ3) is 2.24. The third-order valence-corrected chi connectivity index (χ3v) is 4.73. The number of hydrogen-bond donors (Lipinski definition) is 1. The summed E-state index contributed by atoms with van der Waals surface area (Å²) in [6.07, 6.45) is 7.41. The molecule has 0 atom stereocenters. The second kappa shape index (κ2) is 5.36. The van der Waals surface area contributed by atoms with E-state index in [1.807, 2.05) is 17.0 Å². The number of imidazole rings is 1. The van der Waals surface area contributed by atoms with E-state index in [0.717, 1.165) is 23.5 Å². The highest BCUT2D eigenvalue weighted by Gasteiger charge is 2.28. The largest absolute Gasteiger partial charge is 0.476 e. The molecule has 1 saturated carbocycles. The van der Waals surface area contributed by atoms with Gasteiger partial charge in [0.05, 0.1) is 5.69 Å². The van der Waals surface area contributed by atoms with E-state index in [0.29, 0.717) is 11.7 Å². The molecule has 3 rings (SSSR count). The number of carboxylic acid groups (broad SMARTS) is 1. The van der Waals surface area contributed by atoms with Crippen molar-refractivity contribution in [2.75, 3.05) is 0 Å². The number of nitrogens with zero attached hydrogens (tertiary/aromatic N) is 3. The van der Waals surface area contributed by atoms with Crippen LogP contribution < -0.4 is 0 Å². The molecule has 0 aliphatic heterocycles. The van der Waals surface area contributed by atoms with Crippen LogP contribution in [0.2, 0.25) is 0 Å². The number of carboxylic acids is 1. The molecule has 0 spiro atoms. The molecular formula is C14H17N3O2S. The number of thiazole rings is 1. The van der Waals surface area contributed by atoms with Crippen LogP contribution in [-0.4, -0.2) is 25.6 Å². The molecule has 2 aromatic heterocycles. The van der Waals surface area contributed by atoms with Crippen LogP contribution in [0.5, 0.6) is 0 Å². The van der Waals surface area contributed by atoms with Gasteiger partial charge in [-0.3, -0.25) is 0 Å². The molecule has 20 heavy (non-hydrogen) atoms. The maximum atomic E-state index is 11.5. The quantitative estimate of drug-likeness (QED) is 0.942. The molecule has 0 bridgehead atoms. The zero-order valence-electron chi connectivity index (χ0n) is 11.4. The maximum absolute atomic E-state index is 11.5. The average molecular weight is 291 g/mol. The van der Waals surface area contributed by atoms with E-state index in [4.69, 9.17) is 0 Å². The highest BCUT2D eigenvalue weighted by atomic mass is 32.1. The molecule has 0 amide bonds. The van der Waals surface area contributed by atoms with Crippen molar-refractivity contribution in [3.05, 3.63) is 23.0 Å². The molecular weight excluding hydrogens is 274 g/mol. The van der Waals surface area contributed by atoms with Crippen LogP contribution in [0.15, 0.2) is 11.6 Å². The summed E-state index contributed by atoms with van der Waals surface area (Å²) in [5.41, 5.74) is 1.06. The van der Waals surface area contributed by atoms with Gasteiger partial charge in [-0.15, -0.1) is 11.3 Å². The minimum atomic E-state index is -0.941. The molecule has 5 nitrogen and oxygen atoms in total. The van der Waals surface area contributed by atoms with Gasteiger partial charge in [-0.25, -0.2) is 14.8 Å². The average Bonchev–Trinajstić information content (AvgIpc) is 3.07. The first kappa shape index (κ1) is 13.3. The first-order valence-corrected chi connectivity index (χ1v) is 7.76. The molecule has 2 aromatic rings. The molecule has 106 valence electrons. The lowest BCUT2D eigenvalue weighted by Gasteiger charge is -2.22. The number of carbonyl (C=O) groups is 1. The summed E-state index contributed by atoms with van der Waals surface area (Å²) in [4.78, 5) is 20.1. The molecule has 1 aliphatic carbocycles. The summed E-state index contributed by atoms with van der Waals surface area (Å²) in [6.45, 7) is 0. The fourth-order valence-corrected chi connectivity index (χ4v) is 3.70. The van der Waals surface area contributed by atoms with Gasteiger partial charge in [-0.2, -0.15) is 0 Å². The minimum absolute atomic E-state index is 0.199. The highest BCUT2D eigenvalue weighted by molar-refractivity contribution is 7.13. The van der Waals surface area contributed by atoms with Crippen LogP contribution in [0.3, 0.4) is 0 Å². The summed E-state index contributed by atoms with van der Waals surface area (Å²) in [6, 6.07) is 0. The Labute approximate surface area is 121 Å². The first-order valence-electron chi connectivity index (χ1n) is 6.88. The van der Waals surface area contributed by atoms with Crippen molar-refractivity contribution >= 4 is 17.3 Å². The predicted octanol–water partition coefficient (Wildman–Crippen LogP) is 3.29.